The third-order valence-corrected chi connectivity index (χ3v) is 4.78. The van der Waals surface area contributed by atoms with Crippen LogP contribution < -0.4 is 4.72 Å². The summed E-state index contributed by atoms with van der Waals surface area (Å²) >= 11 is 0. The molecule has 0 spiro atoms. The number of nitrogens with zero attached hydrogens (tertiary/aromatic N) is 2. The summed E-state index contributed by atoms with van der Waals surface area (Å²) in [5.41, 5.74) is 0. The van der Waals surface area contributed by atoms with Crippen LogP contribution >= 0.6 is 0 Å². The normalized spacial score (nSPS) is 20.8. The van der Waals surface area contributed by atoms with Gasteiger partial charge in [0.05, 0.1) is 18.8 Å². The highest BCUT2D eigenvalue weighted by Crippen LogP contribution is 2.20. The Bertz CT molecular complexity index is 604. The molecular formula is C12H19N3O5S. The molecule has 0 saturated carbocycles. The van der Waals surface area contributed by atoms with Crippen LogP contribution in [-0.4, -0.2) is 48.5 Å². The molecule has 2 atom stereocenters. The highest BCUT2D eigenvalue weighted by atomic mass is 32.2. The van der Waals surface area contributed by atoms with Crippen molar-refractivity contribution >= 4 is 16.0 Å². The van der Waals surface area contributed by atoms with E-state index in [0.29, 0.717) is 13.2 Å². The monoisotopic (exact) mass is 317 g/mol. The van der Waals surface area contributed by atoms with E-state index in [-0.39, 0.29) is 16.9 Å². The van der Waals surface area contributed by atoms with Crippen LogP contribution in [0, 0.1) is 5.92 Å². The van der Waals surface area contributed by atoms with Crippen molar-refractivity contribution in [3.05, 3.63) is 12.4 Å². The number of hydrogen-bond donors (Lipinski definition) is 2. The number of sulfonamides is 1. The van der Waals surface area contributed by atoms with Crippen molar-refractivity contribution < 1.29 is 23.1 Å². The molecule has 21 heavy (non-hydrogen) atoms. The maximum atomic E-state index is 12.2. The summed E-state index contributed by atoms with van der Waals surface area (Å²) < 4.78 is 33.4. The van der Waals surface area contributed by atoms with Gasteiger partial charge in [-0.3, -0.25) is 9.48 Å². The first-order valence-electron chi connectivity index (χ1n) is 6.68. The van der Waals surface area contributed by atoms with Crippen LogP contribution in [-0.2, 0) is 19.6 Å². The van der Waals surface area contributed by atoms with Crippen molar-refractivity contribution in [2.45, 2.75) is 37.2 Å². The number of carboxylic acid groups (broad SMARTS) is 1. The summed E-state index contributed by atoms with van der Waals surface area (Å²) in [4.78, 5) is 11.1. The lowest BCUT2D eigenvalue weighted by Crippen LogP contribution is -2.44. The fraction of sp³-hybridized carbons (Fsp3) is 0.667. The summed E-state index contributed by atoms with van der Waals surface area (Å²) in [5, 5.41) is 13.1. The maximum absolute atomic E-state index is 12.2. The van der Waals surface area contributed by atoms with Gasteiger partial charge in [0.25, 0.3) is 0 Å². The molecule has 1 aromatic heterocycles. The summed E-state index contributed by atoms with van der Waals surface area (Å²) in [6, 6.07) is -1.15. The molecule has 1 fully saturated rings. The van der Waals surface area contributed by atoms with Gasteiger partial charge in [0, 0.05) is 12.8 Å². The topological polar surface area (TPSA) is 111 Å². The first-order valence-corrected chi connectivity index (χ1v) is 8.16. The van der Waals surface area contributed by atoms with Crippen molar-refractivity contribution in [1.82, 2.24) is 14.5 Å². The van der Waals surface area contributed by atoms with Gasteiger partial charge in [-0.15, -0.1) is 0 Å². The average Bonchev–Trinajstić information content (AvgIpc) is 3.05. The predicted molar refractivity (Wildman–Crippen MR) is 73.3 cm³/mol. The molecule has 8 nitrogen and oxygen atoms in total. The van der Waals surface area contributed by atoms with E-state index in [4.69, 9.17) is 9.84 Å². The van der Waals surface area contributed by atoms with Crippen molar-refractivity contribution in [3.8, 4) is 0 Å². The Labute approximate surface area is 123 Å². The lowest BCUT2D eigenvalue weighted by Gasteiger charge is -2.17. The molecular weight excluding hydrogens is 298 g/mol. The third kappa shape index (κ3) is 3.60. The quantitative estimate of drug-likeness (QED) is 0.777. The zero-order valence-electron chi connectivity index (χ0n) is 11.9. The summed E-state index contributed by atoms with van der Waals surface area (Å²) in [6.45, 7) is 4.40. The van der Waals surface area contributed by atoms with Crippen LogP contribution in [0.3, 0.4) is 0 Å². The molecule has 1 aliphatic rings. The molecule has 0 aliphatic carbocycles. The second-order valence-electron chi connectivity index (χ2n) is 5.35. The van der Waals surface area contributed by atoms with Crippen molar-refractivity contribution in [1.29, 1.82) is 0 Å². The van der Waals surface area contributed by atoms with Gasteiger partial charge in [0.1, 0.15) is 10.9 Å². The number of nitrogens with one attached hydrogen (secondary N) is 1. The van der Waals surface area contributed by atoms with Crippen LogP contribution in [0.4, 0.5) is 0 Å². The Morgan fingerprint density at radius 2 is 2.29 bits per heavy atom. The highest BCUT2D eigenvalue weighted by Gasteiger charge is 2.29. The van der Waals surface area contributed by atoms with E-state index in [0.717, 1.165) is 6.42 Å². The number of aromatic nitrogens is 2. The van der Waals surface area contributed by atoms with E-state index < -0.39 is 22.0 Å². The SMILES string of the molecule is CC(C)[C@@H](NS(=O)(=O)c1cnn(C2CCOC2)c1)C(=O)O. The molecule has 2 rings (SSSR count). The van der Waals surface area contributed by atoms with Crippen LogP contribution in [0.2, 0.25) is 0 Å². The largest absolute Gasteiger partial charge is 0.480 e. The second-order valence-corrected chi connectivity index (χ2v) is 7.07. The van der Waals surface area contributed by atoms with Gasteiger partial charge in [-0.05, 0) is 12.3 Å². The van der Waals surface area contributed by atoms with Crippen molar-refractivity contribution in [3.63, 3.8) is 0 Å². The average molecular weight is 317 g/mol. The standard InChI is InChI=1S/C12H19N3O5S/c1-8(2)11(12(16)17)14-21(18,19)10-5-13-15(6-10)9-3-4-20-7-9/h5-6,8-9,11,14H,3-4,7H2,1-2H3,(H,16,17)/t9?,11-/m1/s1. The van der Waals surface area contributed by atoms with Gasteiger partial charge in [-0.1, -0.05) is 13.8 Å². The van der Waals surface area contributed by atoms with Gasteiger partial charge < -0.3 is 9.84 Å². The van der Waals surface area contributed by atoms with Crippen molar-refractivity contribution in [2.24, 2.45) is 5.92 Å². The number of rotatable bonds is 6. The predicted octanol–water partition coefficient (Wildman–Crippen LogP) is 0.232. The minimum Gasteiger partial charge on any atom is -0.480 e. The number of carboxylic acids is 1. The molecule has 0 aromatic carbocycles. The Morgan fingerprint density at radius 1 is 1.57 bits per heavy atom. The lowest BCUT2D eigenvalue weighted by atomic mass is 10.1. The van der Waals surface area contributed by atoms with Crippen molar-refractivity contribution in [2.75, 3.05) is 13.2 Å². The Hall–Kier alpha value is -1.45. The van der Waals surface area contributed by atoms with Crippen LogP contribution in [0.25, 0.3) is 0 Å². The molecule has 0 bridgehead atoms. The second kappa shape index (κ2) is 6.12. The molecule has 2 N–H and O–H groups in total. The molecule has 2 heterocycles. The van der Waals surface area contributed by atoms with E-state index in [9.17, 15) is 13.2 Å². The molecule has 1 unspecified atom stereocenters. The fourth-order valence-electron chi connectivity index (χ4n) is 2.10. The Kier molecular flexibility index (Phi) is 4.64. The fourth-order valence-corrected chi connectivity index (χ4v) is 3.37. The molecule has 9 heteroatoms. The smallest absolute Gasteiger partial charge is 0.322 e. The molecule has 0 radical (unpaired) electrons. The molecule has 1 aromatic rings. The minimum absolute atomic E-state index is 0.0225. The highest BCUT2D eigenvalue weighted by molar-refractivity contribution is 7.89. The first-order chi connectivity index (χ1) is 9.81. The number of hydrogen-bond acceptors (Lipinski definition) is 5. The number of ether oxygens (including phenoxy) is 1. The minimum atomic E-state index is -3.91. The Morgan fingerprint density at radius 3 is 2.81 bits per heavy atom. The van der Waals surface area contributed by atoms with E-state index in [1.165, 1.54) is 12.4 Å². The van der Waals surface area contributed by atoms with Gasteiger partial charge in [-0.2, -0.15) is 9.82 Å². The van der Waals surface area contributed by atoms with E-state index in [2.05, 4.69) is 9.82 Å². The summed E-state index contributed by atoms with van der Waals surface area (Å²) in [6.07, 6.45) is 3.40. The van der Waals surface area contributed by atoms with Gasteiger partial charge in [0.15, 0.2) is 0 Å². The maximum Gasteiger partial charge on any atom is 0.322 e. The van der Waals surface area contributed by atoms with Gasteiger partial charge in [-0.25, -0.2) is 8.42 Å². The zero-order chi connectivity index (χ0) is 15.6. The summed E-state index contributed by atoms with van der Waals surface area (Å²) in [5.74, 6) is -1.57. The zero-order valence-corrected chi connectivity index (χ0v) is 12.7. The van der Waals surface area contributed by atoms with Gasteiger partial charge in [0.2, 0.25) is 10.0 Å². The number of aliphatic carboxylic acids is 1. The van der Waals surface area contributed by atoms with Gasteiger partial charge >= 0.3 is 5.97 Å². The molecule has 118 valence electrons. The molecule has 0 amide bonds. The van der Waals surface area contributed by atoms with Crippen LogP contribution in [0.5, 0.6) is 0 Å². The van der Waals surface area contributed by atoms with Crippen LogP contribution in [0.15, 0.2) is 17.3 Å². The number of carbonyl (C=O) groups is 1. The van der Waals surface area contributed by atoms with E-state index >= 15 is 0 Å². The van der Waals surface area contributed by atoms with E-state index in [1.54, 1.807) is 18.5 Å². The lowest BCUT2D eigenvalue weighted by molar-refractivity contribution is -0.140. The Balaban J connectivity index is 2.17. The first kappa shape index (κ1) is 15.9. The van der Waals surface area contributed by atoms with E-state index in [1.807, 2.05) is 0 Å². The molecule has 1 aliphatic heterocycles. The summed E-state index contributed by atoms with van der Waals surface area (Å²) in [7, 11) is -3.91. The van der Waals surface area contributed by atoms with Crippen LogP contribution in [0.1, 0.15) is 26.3 Å². The molecule has 1 saturated heterocycles. The third-order valence-electron chi connectivity index (χ3n) is 3.38.